The zero-order valence-corrected chi connectivity index (χ0v) is 64.2. The normalized spacial score (nSPS) is 15.0. The van der Waals surface area contributed by atoms with Crippen molar-refractivity contribution in [2.24, 2.45) is 0 Å². The first-order valence-corrected chi connectivity index (χ1v) is 40.7. The van der Waals surface area contributed by atoms with Crippen LogP contribution in [0.3, 0.4) is 0 Å². The van der Waals surface area contributed by atoms with Crippen LogP contribution < -0.4 is 0 Å². The number of esters is 4. The number of phosphoric acid groups is 2. The molecule has 0 aromatic rings. The maximum absolute atomic E-state index is 13.1. The summed E-state index contributed by atoms with van der Waals surface area (Å²) in [4.78, 5) is 72.7. The van der Waals surface area contributed by atoms with Crippen LogP contribution in [-0.4, -0.2) is 96.7 Å². The molecule has 574 valence electrons. The van der Waals surface area contributed by atoms with Crippen molar-refractivity contribution < 1.29 is 80.2 Å². The second-order valence-electron chi connectivity index (χ2n) is 24.1. The first-order valence-electron chi connectivity index (χ1n) is 37.7. The van der Waals surface area contributed by atoms with Crippen molar-refractivity contribution in [3.05, 3.63) is 194 Å². The number of unbranched alkanes of at least 4 members (excludes halogenated alkanes) is 11. The molecule has 0 fully saturated rings. The summed E-state index contributed by atoms with van der Waals surface area (Å²) in [7, 11) is -10.0. The number of allylic oxidation sites excluding steroid dienone is 31. The third-order valence-corrected chi connectivity index (χ3v) is 16.5. The largest absolute Gasteiger partial charge is 0.472 e. The molecule has 0 aliphatic heterocycles. The molecule has 0 amide bonds. The Balaban J connectivity index is 5.54. The second-order valence-corrected chi connectivity index (χ2v) is 27.0. The van der Waals surface area contributed by atoms with Gasteiger partial charge in [0.2, 0.25) is 0 Å². The summed E-state index contributed by atoms with van der Waals surface area (Å²) in [5, 5.41) is 10.6. The smallest absolute Gasteiger partial charge is 0.462 e. The molecular weight excluding hydrogens is 1330 g/mol. The van der Waals surface area contributed by atoms with Gasteiger partial charge in [-0.1, -0.05) is 261 Å². The third kappa shape index (κ3) is 72.3. The van der Waals surface area contributed by atoms with Crippen LogP contribution in [0.15, 0.2) is 194 Å². The molecule has 0 aliphatic carbocycles. The Morgan fingerprint density at radius 2 is 0.569 bits per heavy atom. The maximum Gasteiger partial charge on any atom is 0.472 e. The lowest BCUT2D eigenvalue weighted by Crippen LogP contribution is -2.30. The van der Waals surface area contributed by atoms with Gasteiger partial charge in [-0.3, -0.25) is 37.3 Å². The fraction of sp³-hybridized carbons (Fsp3) is 0.566. The summed E-state index contributed by atoms with van der Waals surface area (Å²) in [6.07, 6.45) is 89.1. The number of rotatable bonds is 68. The predicted octanol–water partition coefficient (Wildman–Crippen LogP) is 21.8. The van der Waals surface area contributed by atoms with Crippen molar-refractivity contribution in [3.63, 3.8) is 0 Å². The minimum atomic E-state index is -5.02. The monoisotopic (exact) mass is 1460 g/mol. The van der Waals surface area contributed by atoms with Crippen molar-refractivity contribution >= 4 is 39.5 Å². The van der Waals surface area contributed by atoms with Gasteiger partial charge in [0.05, 0.1) is 32.8 Å². The Morgan fingerprint density at radius 1 is 0.294 bits per heavy atom. The van der Waals surface area contributed by atoms with Crippen molar-refractivity contribution in [2.75, 3.05) is 39.6 Å². The lowest BCUT2D eigenvalue weighted by molar-refractivity contribution is -0.161. The molecule has 19 heteroatoms. The average molecular weight is 1460 g/mol. The van der Waals surface area contributed by atoms with E-state index in [4.69, 9.17) is 37.0 Å². The fourth-order valence-electron chi connectivity index (χ4n) is 8.95. The van der Waals surface area contributed by atoms with Crippen molar-refractivity contribution in [1.82, 2.24) is 0 Å². The van der Waals surface area contributed by atoms with E-state index < -0.39 is 97.5 Å². The van der Waals surface area contributed by atoms with Gasteiger partial charge in [-0.25, -0.2) is 9.13 Å². The van der Waals surface area contributed by atoms with E-state index in [0.29, 0.717) is 38.5 Å². The minimum absolute atomic E-state index is 0.0162. The number of carbonyl (C=O) groups is 4. The molecule has 0 spiro atoms. The van der Waals surface area contributed by atoms with Gasteiger partial charge in [-0.2, -0.15) is 0 Å². The topological polar surface area (TPSA) is 237 Å². The summed E-state index contributed by atoms with van der Waals surface area (Å²) in [5.41, 5.74) is 0. The van der Waals surface area contributed by atoms with Crippen LogP contribution in [0.5, 0.6) is 0 Å². The Hall–Kier alpha value is -6.10. The number of ether oxygens (including phenoxy) is 4. The quantitative estimate of drug-likeness (QED) is 0.0169. The van der Waals surface area contributed by atoms with Crippen LogP contribution in [0.4, 0.5) is 0 Å². The number of hydrogen-bond donors (Lipinski definition) is 3. The van der Waals surface area contributed by atoms with Gasteiger partial charge in [0.25, 0.3) is 0 Å². The molecule has 0 bridgehead atoms. The first-order chi connectivity index (χ1) is 49.7. The van der Waals surface area contributed by atoms with Crippen LogP contribution in [0, 0.1) is 0 Å². The number of phosphoric ester groups is 2. The van der Waals surface area contributed by atoms with Gasteiger partial charge in [-0.15, -0.1) is 0 Å². The van der Waals surface area contributed by atoms with E-state index in [2.05, 4.69) is 174 Å². The van der Waals surface area contributed by atoms with Crippen molar-refractivity contribution in [1.29, 1.82) is 0 Å². The molecule has 0 saturated carbocycles. The van der Waals surface area contributed by atoms with E-state index in [0.717, 1.165) is 128 Å². The summed E-state index contributed by atoms with van der Waals surface area (Å²) in [5.74, 6) is -2.51. The molecule has 0 heterocycles. The Labute approximate surface area is 615 Å². The van der Waals surface area contributed by atoms with Gasteiger partial charge >= 0.3 is 39.5 Å². The molecule has 5 atom stereocenters. The highest BCUT2D eigenvalue weighted by Crippen LogP contribution is 2.45. The standard InChI is InChI=1S/C83H130O17P2/c1-5-9-13-17-21-25-29-33-36-37-38-39-42-45-48-52-56-60-64-68-81(86)94-74-79(100-83(88)70-66-62-58-54-50-46-41-35-31-27-23-19-15-11-7-3)76-98-102(91,92)96-72-77(84)71-95-101(89,90)97-75-78(99-82(87)69-65-61-57-53-49-43-32-28-24-20-16-12-8-4)73-93-80(85)67-63-59-55-51-47-44-40-34-30-26-22-18-14-10-6-2/h9-11,13-15,21-23,25-28,32-36,38-41,45,47-48,50-51,54,56,59-60,63,77-79,84H,5-8,12,16-20,24,29-31,37,42-44,46,49,52-53,55,57-58,61-62,64-76H2,1-4H3,(H,89,90)(H,91,92)/b13-9-,14-10-,15-11-,25-21-,26-22-,27-23-,32-28-,36-33-,39-38-,40-34-,41-35-,48-45-,51-47-,54-50-,60-56-,63-59-. The van der Waals surface area contributed by atoms with Crippen molar-refractivity contribution in [3.8, 4) is 0 Å². The molecule has 0 aromatic heterocycles. The van der Waals surface area contributed by atoms with E-state index in [9.17, 15) is 43.2 Å². The summed E-state index contributed by atoms with van der Waals surface area (Å²) < 4.78 is 68.2. The SMILES string of the molecule is CC/C=C\C/C=C\C/C=C\C/C=C\C/C=C\C/C=C\CCC(=O)OCC(COP(=O)(O)OCC(O)COP(=O)(O)OCC(COC(=O)C/C=C\C/C=C\C/C=C\C/C=C\C/C=C\CC)OC(=O)CCCCCCC/C=C\CCCCCC)OC(=O)CCCC/C=C\C/C=C\C/C=C\C/C=C\CC. The zero-order chi connectivity index (χ0) is 74.6. The minimum Gasteiger partial charge on any atom is -0.462 e. The second kappa shape index (κ2) is 73.2. The van der Waals surface area contributed by atoms with Gasteiger partial charge in [0.15, 0.2) is 12.2 Å². The van der Waals surface area contributed by atoms with Gasteiger partial charge in [0.1, 0.15) is 19.3 Å². The Kier molecular flexibility index (Phi) is 68.8. The third-order valence-electron chi connectivity index (χ3n) is 14.6. The van der Waals surface area contributed by atoms with Crippen LogP contribution in [0.2, 0.25) is 0 Å². The molecule has 5 unspecified atom stereocenters. The summed E-state index contributed by atoms with van der Waals surface area (Å²) in [6, 6.07) is 0. The average Bonchev–Trinajstić information content (AvgIpc) is 0.924. The highest BCUT2D eigenvalue weighted by atomic mass is 31.2. The molecule has 0 rings (SSSR count). The van der Waals surface area contributed by atoms with Crippen LogP contribution in [-0.2, 0) is 65.4 Å². The van der Waals surface area contributed by atoms with Crippen molar-refractivity contribution in [2.45, 2.75) is 264 Å². The molecular formula is C83H130O17P2. The maximum atomic E-state index is 13.1. The van der Waals surface area contributed by atoms with E-state index >= 15 is 0 Å². The highest BCUT2D eigenvalue weighted by Gasteiger charge is 2.30. The molecule has 3 N–H and O–H groups in total. The number of hydrogen-bond acceptors (Lipinski definition) is 15. The highest BCUT2D eigenvalue weighted by molar-refractivity contribution is 7.47. The summed E-state index contributed by atoms with van der Waals surface area (Å²) >= 11 is 0. The van der Waals surface area contributed by atoms with Crippen LogP contribution >= 0.6 is 15.6 Å². The predicted molar refractivity (Wildman–Crippen MR) is 417 cm³/mol. The van der Waals surface area contributed by atoms with E-state index in [-0.39, 0.29) is 25.7 Å². The fourth-order valence-corrected chi connectivity index (χ4v) is 10.5. The molecule has 17 nitrogen and oxygen atoms in total. The molecule has 102 heavy (non-hydrogen) atoms. The summed E-state index contributed by atoms with van der Waals surface area (Å²) in [6.45, 7) is 4.20. The van der Waals surface area contributed by atoms with Crippen LogP contribution in [0.25, 0.3) is 0 Å². The molecule has 0 radical (unpaired) electrons. The van der Waals surface area contributed by atoms with Gasteiger partial charge in [-0.05, 0) is 154 Å². The first kappa shape index (κ1) is 95.9. The molecule has 0 aromatic carbocycles. The lowest BCUT2D eigenvalue weighted by Gasteiger charge is -2.21. The zero-order valence-electron chi connectivity index (χ0n) is 62.4. The van der Waals surface area contributed by atoms with E-state index in [1.54, 1.807) is 6.08 Å². The number of aliphatic hydroxyl groups is 1. The van der Waals surface area contributed by atoms with Gasteiger partial charge < -0.3 is 33.8 Å². The Bertz CT molecular complexity index is 2700. The molecule has 0 saturated heterocycles. The van der Waals surface area contributed by atoms with E-state index in [1.807, 2.05) is 42.5 Å². The van der Waals surface area contributed by atoms with E-state index in [1.165, 1.54) is 25.7 Å². The molecule has 0 aliphatic rings. The number of aliphatic hydroxyl groups excluding tert-OH is 1. The van der Waals surface area contributed by atoms with Gasteiger partial charge in [0, 0.05) is 19.3 Å². The van der Waals surface area contributed by atoms with Crippen LogP contribution in [0.1, 0.15) is 246 Å². The number of carbonyl (C=O) groups excluding carboxylic acids is 4. The lowest BCUT2D eigenvalue weighted by atomic mass is 10.1. The Morgan fingerprint density at radius 3 is 0.941 bits per heavy atom.